The zero-order valence-electron chi connectivity index (χ0n) is 17.8. The highest BCUT2D eigenvalue weighted by molar-refractivity contribution is 5.91. The van der Waals surface area contributed by atoms with E-state index in [4.69, 9.17) is 4.74 Å². The molecule has 0 unspecified atom stereocenters. The number of carbonyl (C=O) groups excluding carboxylic acids is 1. The predicted molar refractivity (Wildman–Crippen MR) is 122 cm³/mol. The minimum Gasteiger partial charge on any atom is -0.465 e. The lowest BCUT2D eigenvalue weighted by molar-refractivity contribution is 0.0599. The molecular formula is C27H27NO2. The van der Waals surface area contributed by atoms with Gasteiger partial charge in [0.15, 0.2) is 0 Å². The van der Waals surface area contributed by atoms with E-state index in [0.29, 0.717) is 17.9 Å². The Morgan fingerprint density at radius 1 is 0.933 bits per heavy atom. The van der Waals surface area contributed by atoms with E-state index in [9.17, 15) is 4.79 Å². The van der Waals surface area contributed by atoms with Gasteiger partial charge >= 0.3 is 5.97 Å². The SMILES string of the molecule is COC(=O)c1cc(C(C)C)ccc1Cc1ccc2c(ccn2Cc2ccccc2)c1. The Bertz CT molecular complexity index is 1170. The van der Waals surface area contributed by atoms with E-state index in [1.54, 1.807) is 0 Å². The van der Waals surface area contributed by atoms with Crippen molar-refractivity contribution >= 4 is 16.9 Å². The van der Waals surface area contributed by atoms with Crippen LogP contribution in [0.5, 0.6) is 0 Å². The molecule has 0 aliphatic heterocycles. The molecule has 0 saturated carbocycles. The van der Waals surface area contributed by atoms with E-state index < -0.39 is 0 Å². The maximum absolute atomic E-state index is 12.4. The number of carbonyl (C=O) groups is 1. The smallest absolute Gasteiger partial charge is 0.338 e. The Balaban J connectivity index is 1.62. The van der Waals surface area contributed by atoms with Crippen LogP contribution in [0.25, 0.3) is 10.9 Å². The van der Waals surface area contributed by atoms with Gasteiger partial charge in [0, 0.05) is 18.3 Å². The Hall–Kier alpha value is -3.33. The lowest BCUT2D eigenvalue weighted by Crippen LogP contribution is -2.07. The average molecular weight is 398 g/mol. The predicted octanol–water partition coefficient (Wildman–Crippen LogP) is 6.19. The minimum absolute atomic E-state index is 0.275. The first-order chi connectivity index (χ1) is 14.5. The van der Waals surface area contributed by atoms with Crippen molar-refractivity contribution in [2.75, 3.05) is 7.11 Å². The second-order valence-corrected chi connectivity index (χ2v) is 8.06. The van der Waals surface area contributed by atoms with E-state index >= 15 is 0 Å². The van der Waals surface area contributed by atoms with Gasteiger partial charge in [0.2, 0.25) is 0 Å². The second kappa shape index (κ2) is 8.58. The van der Waals surface area contributed by atoms with Gasteiger partial charge in [-0.25, -0.2) is 4.79 Å². The van der Waals surface area contributed by atoms with Crippen molar-refractivity contribution in [3.05, 3.63) is 107 Å². The molecule has 0 aliphatic carbocycles. The molecule has 1 aromatic heterocycles. The van der Waals surface area contributed by atoms with Crippen molar-refractivity contribution in [1.82, 2.24) is 4.57 Å². The molecule has 0 amide bonds. The number of rotatable bonds is 6. The number of fused-ring (bicyclic) bond motifs is 1. The van der Waals surface area contributed by atoms with Gasteiger partial charge in [0.05, 0.1) is 12.7 Å². The average Bonchev–Trinajstić information content (AvgIpc) is 3.16. The molecule has 0 saturated heterocycles. The molecule has 0 radical (unpaired) electrons. The van der Waals surface area contributed by atoms with Crippen LogP contribution in [-0.2, 0) is 17.7 Å². The summed E-state index contributed by atoms with van der Waals surface area (Å²) in [6.45, 7) is 5.11. The van der Waals surface area contributed by atoms with E-state index in [2.05, 4.69) is 85.3 Å². The van der Waals surface area contributed by atoms with Crippen molar-refractivity contribution < 1.29 is 9.53 Å². The van der Waals surface area contributed by atoms with Gasteiger partial charge in [-0.05, 0) is 64.2 Å². The Morgan fingerprint density at radius 3 is 2.47 bits per heavy atom. The summed E-state index contributed by atoms with van der Waals surface area (Å²) in [6, 6.07) is 25.3. The quantitative estimate of drug-likeness (QED) is 0.363. The fourth-order valence-corrected chi connectivity index (χ4v) is 3.90. The highest BCUT2D eigenvalue weighted by Crippen LogP contribution is 2.24. The van der Waals surface area contributed by atoms with Crippen LogP contribution in [0.15, 0.2) is 79.0 Å². The highest BCUT2D eigenvalue weighted by atomic mass is 16.5. The van der Waals surface area contributed by atoms with Gasteiger partial charge in [0.25, 0.3) is 0 Å². The Labute approximate surface area is 177 Å². The lowest BCUT2D eigenvalue weighted by atomic mass is 9.93. The number of esters is 1. The van der Waals surface area contributed by atoms with Crippen molar-refractivity contribution in [3.8, 4) is 0 Å². The fraction of sp³-hybridized carbons (Fsp3) is 0.222. The summed E-state index contributed by atoms with van der Waals surface area (Å²) in [5, 5.41) is 1.21. The lowest BCUT2D eigenvalue weighted by Gasteiger charge is -2.13. The largest absolute Gasteiger partial charge is 0.465 e. The maximum Gasteiger partial charge on any atom is 0.338 e. The molecule has 3 nitrogen and oxygen atoms in total. The monoisotopic (exact) mass is 397 g/mol. The van der Waals surface area contributed by atoms with Crippen LogP contribution >= 0.6 is 0 Å². The van der Waals surface area contributed by atoms with E-state index in [1.165, 1.54) is 29.1 Å². The minimum atomic E-state index is -0.275. The summed E-state index contributed by atoms with van der Waals surface area (Å²) in [4.78, 5) is 12.4. The molecule has 4 aromatic rings. The van der Waals surface area contributed by atoms with E-state index in [0.717, 1.165) is 17.7 Å². The number of hydrogen-bond acceptors (Lipinski definition) is 2. The molecule has 3 aromatic carbocycles. The number of benzene rings is 3. The molecule has 30 heavy (non-hydrogen) atoms. The second-order valence-electron chi connectivity index (χ2n) is 8.06. The first kappa shape index (κ1) is 20.0. The van der Waals surface area contributed by atoms with Gasteiger partial charge in [-0.1, -0.05) is 62.4 Å². The van der Waals surface area contributed by atoms with Gasteiger partial charge in [0.1, 0.15) is 0 Å². The number of hydrogen-bond donors (Lipinski definition) is 0. The molecule has 0 atom stereocenters. The summed E-state index contributed by atoms with van der Waals surface area (Å²) < 4.78 is 7.31. The van der Waals surface area contributed by atoms with Crippen LogP contribution in [0.3, 0.4) is 0 Å². The zero-order valence-corrected chi connectivity index (χ0v) is 17.8. The third kappa shape index (κ3) is 4.16. The van der Waals surface area contributed by atoms with E-state index in [-0.39, 0.29) is 5.97 Å². The van der Waals surface area contributed by atoms with Gasteiger partial charge in [-0.15, -0.1) is 0 Å². The zero-order chi connectivity index (χ0) is 21.1. The normalized spacial score (nSPS) is 11.2. The number of nitrogens with zero attached hydrogens (tertiary/aromatic N) is 1. The van der Waals surface area contributed by atoms with E-state index in [1.807, 2.05) is 12.1 Å². The van der Waals surface area contributed by atoms with Crippen LogP contribution in [0, 0.1) is 0 Å². The number of methoxy groups -OCH3 is 1. The Morgan fingerprint density at radius 2 is 1.73 bits per heavy atom. The van der Waals surface area contributed by atoms with Gasteiger partial charge in [-0.2, -0.15) is 0 Å². The molecule has 1 heterocycles. The summed E-state index contributed by atoms with van der Waals surface area (Å²) in [5.41, 5.74) is 6.48. The van der Waals surface area contributed by atoms with Crippen LogP contribution in [-0.4, -0.2) is 17.6 Å². The van der Waals surface area contributed by atoms with Gasteiger partial charge in [-0.3, -0.25) is 0 Å². The summed E-state index contributed by atoms with van der Waals surface area (Å²) in [7, 11) is 1.44. The topological polar surface area (TPSA) is 31.2 Å². The molecule has 0 aliphatic rings. The number of ether oxygens (including phenoxy) is 1. The number of aromatic nitrogens is 1. The first-order valence-electron chi connectivity index (χ1n) is 10.4. The summed E-state index contributed by atoms with van der Waals surface area (Å²) in [5.74, 6) is 0.0887. The van der Waals surface area contributed by atoms with Crippen molar-refractivity contribution in [1.29, 1.82) is 0 Å². The van der Waals surface area contributed by atoms with Crippen molar-refractivity contribution in [2.45, 2.75) is 32.7 Å². The van der Waals surface area contributed by atoms with Crippen LogP contribution in [0.1, 0.15) is 52.4 Å². The summed E-state index contributed by atoms with van der Waals surface area (Å²) >= 11 is 0. The fourth-order valence-electron chi connectivity index (χ4n) is 3.90. The highest BCUT2D eigenvalue weighted by Gasteiger charge is 2.15. The molecule has 3 heteroatoms. The summed E-state index contributed by atoms with van der Waals surface area (Å²) in [6.07, 6.45) is 2.83. The molecule has 0 fully saturated rings. The van der Waals surface area contributed by atoms with Crippen LogP contribution in [0.4, 0.5) is 0 Å². The first-order valence-corrected chi connectivity index (χ1v) is 10.4. The van der Waals surface area contributed by atoms with Crippen molar-refractivity contribution in [2.24, 2.45) is 0 Å². The Kier molecular flexibility index (Phi) is 5.71. The molecule has 0 bridgehead atoms. The third-order valence-corrected chi connectivity index (χ3v) is 5.63. The maximum atomic E-state index is 12.4. The van der Waals surface area contributed by atoms with Crippen LogP contribution < -0.4 is 0 Å². The molecule has 0 spiro atoms. The standard InChI is InChI=1S/C27H27NO2/c1-19(2)22-10-11-23(25(17-22)27(29)30-3)15-21-9-12-26-24(16-21)13-14-28(26)18-20-7-5-4-6-8-20/h4-14,16-17,19H,15,18H2,1-3H3. The molecular weight excluding hydrogens is 370 g/mol. The van der Waals surface area contributed by atoms with Gasteiger partial charge < -0.3 is 9.30 Å². The molecule has 152 valence electrons. The molecule has 4 rings (SSSR count). The van der Waals surface area contributed by atoms with Crippen molar-refractivity contribution in [3.63, 3.8) is 0 Å². The molecule has 0 N–H and O–H groups in total. The van der Waals surface area contributed by atoms with Crippen LogP contribution in [0.2, 0.25) is 0 Å². The third-order valence-electron chi connectivity index (χ3n) is 5.63.